The minimum absolute atomic E-state index is 0. The summed E-state index contributed by atoms with van der Waals surface area (Å²) in [6, 6.07) is 10.6. The average molecular weight is 370 g/mol. The zero-order valence-electron chi connectivity index (χ0n) is 13.2. The molecule has 0 bridgehead atoms. The highest BCUT2D eigenvalue weighted by atomic mass is 35.5. The van der Waals surface area contributed by atoms with E-state index in [0.717, 1.165) is 0 Å². The third-order valence-corrected chi connectivity index (χ3v) is 3.81. The van der Waals surface area contributed by atoms with Crippen LogP contribution in [0.15, 0.2) is 41.8 Å². The number of hydrogen-bond acceptors (Lipinski definition) is 5. The summed E-state index contributed by atoms with van der Waals surface area (Å²) in [6.45, 7) is 1.41. The fourth-order valence-corrected chi connectivity index (χ4v) is 2.44. The lowest BCUT2D eigenvalue weighted by atomic mass is 10.2. The van der Waals surface area contributed by atoms with Crippen LogP contribution in [0.3, 0.4) is 0 Å². The molecule has 2 amide bonds. The van der Waals surface area contributed by atoms with Crippen molar-refractivity contribution in [2.24, 2.45) is 0 Å². The molecule has 0 spiro atoms. The molecule has 2 rings (SSSR count). The first-order valence-corrected chi connectivity index (χ1v) is 8.01. The number of amides is 2. The molecule has 2 aromatic rings. The molecule has 1 aromatic carbocycles. The van der Waals surface area contributed by atoms with Crippen molar-refractivity contribution in [2.45, 2.75) is 0 Å². The Morgan fingerprint density at radius 3 is 2.33 bits per heavy atom. The number of thiophene rings is 1. The molecule has 1 aromatic heterocycles. The third kappa shape index (κ3) is 6.67. The molecule has 0 unspecified atom stereocenters. The molecule has 1 heterocycles. The Labute approximate surface area is 151 Å². The van der Waals surface area contributed by atoms with Crippen LogP contribution in [0.25, 0.3) is 0 Å². The maximum atomic E-state index is 11.9. The number of carbonyl (C=O) groups excluding carboxylic acids is 2. The van der Waals surface area contributed by atoms with E-state index in [0.29, 0.717) is 29.4 Å². The summed E-state index contributed by atoms with van der Waals surface area (Å²) in [5.41, 5.74) is 1.36. The molecular weight excluding hydrogens is 350 g/mol. The number of methoxy groups -OCH3 is 1. The van der Waals surface area contributed by atoms with Crippen molar-refractivity contribution in [1.29, 1.82) is 0 Å². The summed E-state index contributed by atoms with van der Waals surface area (Å²) in [5, 5.41) is 10.4. The standard InChI is InChI=1S/C16H19N3O3S.ClH/c1-22-9-8-17-11-15(20)18-12-4-6-13(7-5-12)19-16(21)14-3-2-10-23-14;/h2-7,10,17H,8-9,11H2,1H3,(H,18,20)(H,19,21);1H. The van der Waals surface area contributed by atoms with Gasteiger partial charge in [-0.3, -0.25) is 9.59 Å². The van der Waals surface area contributed by atoms with Crippen LogP contribution in [0, 0.1) is 0 Å². The molecule has 0 saturated carbocycles. The van der Waals surface area contributed by atoms with Crippen LogP contribution >= 0.6 is 23.7 Å². The summed E-state index contributed by atoms with van der Waals surface area (Å²) in [6.07, 6.45) is 0. The molecule has 0 aliphatic carbocycles. The van der Waals surface area contributed by atoms with Gasteiger partial charge in [0.1, 0.15) is 0 Å². The molecule has 0 atom stereocenters. The summed E-state index contributed by atoms with van der Waals surface area (Å²) in [4.78, 5) is 24.3. The molecule has 130 valence electrons. The van der Waals surface area contributed by atoms with Gasteiger partial charge in [-0.2, -0.15) is 0 Å². The van der Waals surface area contributed by atoms with E-state index in [-0.39, 0.29) is 30.8 Å². The minimum atomic E-state index is -0.140. The van der Waals surface area contributed by atoms with Gasteiger partial charge in [-0.05, 0) is 35.7 Å². The van der Waals surface area contributed by atoms with Crippen LogP contribution in [-0.4, -0.2) is 38.6 Å². The van der Waals surface area contributed by atoms with E-state index >= 15 is 0 Å². The van der Waals surface area contributed by atoms with Crippen molar-refractivity contribution in [3.63, 3.8) is 0 Å². The van der Waals surface area contributed by atoms with Crippen molar-refractivity contribution in [3.05, 3.63) is 46.7 Å². The molecule has 0 aliphatic heterocycles. The normalized spacial score (nSPS) is 9.88. The second-order valence-corrected chi connectivity index (χ2v) is 5.67. The van der Waals surface area contributed by atoms with Crippen LogP contribution < -0.4 is 16.0 Å². The van der Waals surface area contributed by atoms with E-state index in [1.165, 1.54) is 11.3 Å². The maximum Gasteiger partial charge on any atom is 0.265 e. The van der Waals surface area contributed by atoms with Gasteiger partial charge in [-0.1, -0.05) is 6.07 Å². The van der Waals surface area contributed by atoms with Crippen molar-refractivity contribution in [2.75, 3.05) is 37.4 Å². The topological polar surface area (TPSA) is 79.5 Å². The highest BCUT2D eigenvalue weighted by molar-refractivity contribution is 7.12. The van der Waals surface area contributed by atoms with Gasteiger partial charge in [-0.25, -0.2) is 0 Å². The zero-order valence-corrected chi connectivity index (χ0v) is 14.8. The fraction of sp³-hybridized carbons (Fsp3) is 0.250. The molecule has 6 nitrogen and oxygen atoms in total. The molecule has 3 N–H and O–H groups in total. The molecule has 0 saturated heterocycles. The quantitative estimate of drug-likeness (QED) is 0.625. The van der Waals surface area contributed by atoms with Gasteiger partial charge in [0.15, 0.2) is 0 Å². The molecule has 0 radical (unpaired) electrons. The minimum Gasteiger partial charge on any atom is -0.383 e. The number of rotatable bonds is 8. The Morgan fingerprint density at radius 1 is 1.08 bits per heavy atom. The number of benzene rings is 1. The molecular formula is C16H20ClN3O3S. The van der Waals surface area contributed by atoms with Crippen LogP contribution in [0.1, 0.15) is 9.67 Å². The number of nitrogens with one attached hydrogen (secondary N) is 3. The Morgan fingerprint density at radius 2 is 1.75 bits per heavy atom. The first-order chi connectivity index (χ1) is 11.2. The Kier molecular flexibility index (Phi) is 9.03. The van der Waals surface area contributed by atoms with Crippen LogP contribution in [0.2, 0.25) is 0 Å². The van der Waals surface area contributed by atoms with Gasteiger partial charge >= 0.3 is 0 Å². The predicted molar refractivity (Wildman–Crippen MR) is 99.3 cm³/mol. The lowest BCUT2D eigenvalue weighted by molar-refractivity contribution is -0.115. The van der Waals surface area contributed by atoms with E-state index in [1.54, 1.807) is 37.4 Å². The first-order valence-electron chi connectivity index (χ1n) is 7.13. The van der Waals surface area contributed by atoms with Gasteiger partial charge in [0.2, 0.25) is 5.91 Å². The van der Waals surface area contributed by atoms with Crippen molar-refractivity contribution in [3.8, 4) is 0 Å². The number of anilines is 2. The first kappa shape index (κ1) is 20.1. The predicted octanol–water partition coefficient (Wildman–Crippen LogP) is 2.60. The second kappa shape index (κ2) is 10.8. The van der Waals surface area contributed by atoms with Crippen molar-refractivity contribution in [1.82, 2.24) is 5.32 Å². The summed E-state index contributed by atoms with van der Waals surface area (Å²) in [7, 11) is 1.61. The Balaban J connectivity index is 0.00000288. The monoisotopic (exact) mass is 369 g/mol. The van der Waals surface area contributed by atoms with Crippen molar-refractivity contribution < 1.29 is 14.3 Å². The number of carbonyl (C=O) groups is 2. The van der Waals surface area contributed by atoms with E-state index < -0.39 is 0 Å². The SMILES string of the molecule is COCCNCC(=O)Nc1ccc(NC(=O)c2cccs2)cc1.Cl. The largest absolute Gasteiger partial charge is 0.383 e. The lowest BCUT2D eigenvalue weighted by Crippen LogP contribution is -2.30. The summed E-state index contributed by atoms with van der Waals surface area (Å²) in [5.74, 6) is -0.268. The number of ether oxygens (including phenoxy) is 1. The van der Waals surface area contributed by atoms with Gasteiger partial charge in [0.05, 0.1) is 18.0 Å². The number of halogens is 1. The highest BCUT2D eigenvalue weighted by Crippen LogP contribution is 2.16. The highest BCUT2D eigenvalue weighted by Gasteiger charge is 2.07. The fourth-order valence-electron chi connectivity index (χ4n) is 1.82. The van der Waals surface area contributed by atoms with E-state index in [4.69, 9.17) is 4.74 Å². The second-order valence-electron chi connectivity index (χ2n) is 4.73. The van der Waals surface area contributed by atoms with Crippen LogP contribution in [0.5, 0.6) is 0 Å². The van der Waals surface area contributed by atoms with Crippen molar-refractivity contribution >= 4 is 46.9 Å². The zero-order chi connectivity index (χ0) is 16.5. The Bertz CT molecular complexity index is 633. The average Bonchev–Trinajstić information content (AvgIpc) is 3.08. The van der Waals surface area contributed by atoms with E-state index in [9.17, 15) is 9.59 Å². The molecule has 8 heteroatoms. The van der Waals surface area contributed by atoms with Gasteiger partial charge in [0.25, 0.3) is 5.91 Å². The van der Waals surface area contributed by atoms with Gasteiger partial charge in [0, 0.05) is 25.0 Å². The molecule has 24 heavy (non-hydrogen) atoms. The van der Waals surface area contributed by atoms with E-state index in [2.05, 4.69) is 16.0 Å². The molecule has 0 aliphatic rings. The maximum absolute atomic E-state index is 11.9. The van der Waals surface area contributed by atoms with E-state index in [1.807, 2.05) is 11.4 Å². The number of hydrogen-bond donors (Lipinski definition) is 3. The molecule has 0 fully saturated rings. The lowest BCUT2D eigenvalue weighted by Gasteiger charge is -2.08. The summed E-state index contributed by atoms with van der Waals surface area (Å²) >= 11 is 1.39. The Hall–Kier alpha value is -1.93. The summed E-state index contributed by atoms with van der Waals surface area (Å²) < 4.78 is 4.89. The smallest absolute Gasteiger partial charge is 0.265 e. The third-order valence-electron chi connectivity index (χ3n) is 2.94. The van der Waals surface area contributed by atoms with Crippen LogP contribution in [-0.2, 0) is 9.53 Å². The van der Waals surface area contributed by atoms with Gasteiger partial charge < -0.3 is 20.7 Å². The van der Waals surface area contributed by atoms with Crippen LogP contribution in [0.4, 0.5) is 11.4 Å². The van der Waals surface area contributed by atoms with Gasteiger partial charge in [-0.15, -0.1) is 23.7 Å².